The summed E-state index contributed by atoms with van der Waals surface area (Å²) in [6.45, 7) is 4.68. The van der Waals surface area contributed by atoms with E-state index in [9.17, 15) is 0 Å². The van der Waals surface area contributed by atoms with E-state index < -0.39 is 0 Å². The fourth-order valence-electron chi connectivity index (χ4n) is 8.91. The van der Waals surface area contributed by atoms with Crippen LogP contribution >= 0.6 is 0 Å². The molecule has 0 bridgehead atoms. The Kier molecular flexibility index (Phi) is 6.60. The maximum atomic E-state index is 7.02. The summed E-state index contributed by atoms with van der Waals surface area (Å²) in [5.74, 6) is 0. The minimum Gasteiger partial charge on any atom is -0.456 e. The number of anilines is 3. The van der Waals surface area contributed by atoms with Gasteiger partial charge in [0.15, 0.2) is 0 Å². The van der Waals surface area contributed by atoms with Gasteiger partial charge in [0.1, 0.15) is 22.3 Å². The molecular formula is C51H35NO2. The molecule has 3 heteroatoms. The van der Waals surface area contributed by atoms with Crippen LogP contribution < -0.4 is 4.90 Å². The molecule has 10 aromatic rings. The van der Waals surface area contributed by atoms with Crippen LogP contribution in [-0.4, -0.2) is 0 Å². The third-order valence-corrected chi connectivity index (χ3v) is 11.5. The van der Waals surface area contributed by atoms with Crippen LogP contribution in [0.3, 0.4) is 0 Å². The molecule has 0 saturated carbocycles. The minimum atomic E-state index is -0.135. The van der Waals surface area contributed by atoms with Gasteiger partial charge in [-0.3, -0.25) is 0 Å². The Balaban J connectivity index is 1.17. The molecule has 2 heterocycles. The quantitative estimate of drug-likeness (QED) is 0.180. The zero-order chi connectivity index (χ0) is 36.0. The molecule has 11 rings (SSSR count). The summed E-state index contributed by atoms with van der Waals surface area (Å²) in [5.41, 5.74) is 16.3. The van der Waals surface area contributed by atoms with E-state index in [1.165, 1.54) is 27.8 Å². The van der Waals surface area contributed by atoms with Crippen LogP contribution in [0.4, 0.5) is 17.1 Å². The van der Waals surface area contributed by atoms with Crippen molar-refractivity contribution < 1.29 is 8.83 Å². The highest BCUT2D eigenvalue weighted by molar-refractivity contribution is 6.23. The number of furan rings is 2. The molecule has 0 saturated heterocycles. The lowest BCUT2D eigenvalue weighted by Gasteiger charge is -2.29. The molecule has 0 amide bonds. The van der Waals surface area contributed by atoms with Gasteiger partial charge in [-0.1, -0.05) is 141 Å². The van der Waals surface area contributed by atoms with Gasteiger partial charge in [0, 0.05) is 55.5 Å². The molecule has 0 fully saturated rings. The van der Waals surface area contributed by atoms with Gasteiger partial charge < -0.3 is 13.7 Å². The van der Waals surface area contributed by atoms with Crippen molar-refractivity contribution in [1.82, 2.24) is 0 Å². The van der Waals surface area contributed by atoms with Crippen LogP contribution in [0.1, 0.15) is 25.0 Å². The SMILES string of the molecule is CC1(C)c2ccccc2-c2ccc(N(c3ccc4c(c3)oc3c(-c5ccccc5)c5c(cc34)oc3ccccc35)c3ccccc3-c3ccccc3)cc21. The third kappa shape index (κ3) is 4.48. The van der Waals surface area contributed by atoms with E-state index in [-0.39, 0.29) is 5.41 Å². The molecule has 1 aliphatic carbocycles. The van der Waals surface area contributed by atoms with Crippen molar-refractivity contribution in [2.24, 2.45) is 0 Å². The first-order valence-electron chi connectivity index (χ1n) is 18.6. The third-order valence-electron chi connectivity index (χ3n) is 11.5. The van der Waals surface area contributed by atoms with Crippen molar-refractivity contribution in [3.05, 3.63) is 187 Å². The molecule has 2 aromatic heterocycles. The number of benzene rings is 8. The number of rotatable bonds is 5. The van der Waals surface area contributed by atoms with Crippen LogP contribution in [0.25, 0.3) is 77.3 Å². The van der Waals surface area contributed by atoms with Gasteiger partial charge in [-0.25, -0.2) is 0 Å². The van der Waals surface area contributed by atoms with E-state index in [2.05, 4.69) is 183 Å². The Morgan fingerprint density at radius 1 is 0.426 bits per heavy atom. The monoisotopic (exact) mass is 693 g/mol. The summed E-state index contributed by atoms with van der Waals surface area (Å²) in [6, 6.07) is 62.8. The second-order valence-corrected chi connectivity index (χ2v) is 14.9. The molecule has 8 aromatic carbocycles. The molecule has 0 atom stereocenters. The summed E-state index contributed by atoms with van der Waals surface area (Å²) >= 11 is 0. The normalized spacial score (nSPS) is 13.1. The second-order valence-electron chi connectivity index (χ2n) is 14.9. The van der Waals surface area contributed by atoms with Crippen molar-refractivity contribution in [1.29, 1.82) is 0 Å². The first-order valence-corrected chi connectivity index (χ1v) is 18.6. The molecule has 0 aliphatic heterocycles. The molecule has 0 spiro atoms. The van der Waals surface area contributed by atoms with Crippen molar-refractivity contribution in [2.45, 2.75) is 19.3 Å². The van der Waals surface area contributed by atoms with Crippen molar-refractivity contribution in [3.63, 3.8) is 0 Å². The van der Waals surface area contributed by atoms with Gasteiger partial charge in [0.05, 0.1) is 5.69 Å². The zero-order valence-corrected chi connectivity index (χ0v) is 30.0. The van der Waals surface area contributed by atoms with Gasteiger partial charge in [0.25, 0.3) is 0 Å². The number of para-hydroxylation sites is 2. The molecule has 256 valence electrons. The van der Waals surface area contributed by atoms with E-state index in [0.29, 0.717) is 0 Å². The highest BCUT2D eigenvalue weighted by Gasteiger charge is 2.36. The second kappa shape index (κ2) is 11.6. The Morgan fingerprint density at radius 2 is 1.07 bits per heavy atom. The predicted octanol–water partition coefficient (Wildman–Crippen LogP) is 14.6. The average Bonchev–Trinajstić information content (AvgIpc) is 3.85. The molecule has 1 aliphatic rings. The van der Waals surface area contributed by atoms with E-state index >= 15 is 0 Å². The number of nitrogens with zero attached hydrogens (tertiary/aromatic N) is 1. The maximum absolute atomic E-state index is 7.02. The van der Waals surface area contributed by atoms with Gasteiger partial charge in [-0.05, 0) is 75.8 Å². The van der Waals surface area contributed by atoms with Gasteiger partial charge in [-0.15, -0.1) is 0 Å². The van der Waals surface area contributed by atoms with Gasteiger partial charge >= 0.3 is 0 Å². The number of hydrogen-bond donors (Lipinski definition) is 0. The minimum absolute atomic E-state index is 0.135. The number of hydrogen-bond acceptors (Lipinski definition) is 3. The first kappa shape index (κ1) is 30.8. The summed E-state index contributed by atoms with van der Waals surface area (Å²) in [4.78, 5) is 2.39. The fourth-order valence-corrected chi connectivity index (χ4v) is 8.91. The lowest BCUT2D eigenvalue weighted by Crippen LogP contribution is -2.16. The van der Waals surface area contributed by atoms with Gasteiger partial charge in [-0.2, -0.15) is 0 Å². The molecule has 0 N–H and O–H groups in total. The molecule has 54 heavy (non-hydrogen) atoms. The van der Waals surface area contributed by atoms with Crippen LogP contribution in [0.5, 0.6) is 0 Å². The van der Waals surface area contributed by atoms with Crippen LogP contribution in [0, 0.1) is 0 Å². The van der Waals surface area contributed by atoms with E-state index in [4.69, 9.17) is 8.83 Å². The topological polar surface area (TPSA) is 29.5 Å². The fraction of sp³-hybridized carbons (Fsp3) is 0.0588. The highest BCUT2D eigenvalue weighted by Crippen LogP contribution is 2.52. The molecule has 3 nitrogen and oxygen atoms in total. The zero-order valence-electron chi connectivity index (χ0n) is 30.0. The average molecular weight is 694 g/mol. The Hall–Kier alpha value is -6.84. The van der Waals surface area contributed by atoms with Crippen LogP contribution in [-0.2, 0) is 5.41 Å². The summed E-state index contributed by atoms with van der Waals surface area (Å²) in [7, 11) is 0. The van der Waals surface area contributed by atoms with E-state index in [1.54, 1.807) is 0 Å². The standard InChI is InChI=1S/C51H35NO2/c1-51(2)42-22-12-9-20-37(42)38-27-25-34(29-43(38)51)52(44-23-13-10-19-36(44)32-15-5-3-6-16-32)35-26-28-39-41-31-47-49(40-21-11-14-24-45(40)53-47)48(33-17-7-4-8-18-33)50(41)54-46(39)30-35/h3-31H,1-2H3. The highest BCUT2D eigenvalue weighted by atomic mass is 16.3. The van der Waals surface area contributed by atoms with Crippen LogP contribution in [0.15, 0.2) is 185 Å². The summed E-state index contributed by atoms with van der Waals surface area (Å²) in [5, 5.41) is 4.24. The van der Waals surface area contributed by atoms with Crippen LogP contribution in [0.2, 0.25) is 0 Å². The molecule has 0 radical (unpaired) electrons. The molecular weight excluding hydrogens is 659 g/mol. The van der Waals surface area contributed by atoms with E-state index in [1.807, 2.05) is 12.1 Å². The Labute approximate surface area is 313 Å². The maximum Gasteiger partial charge on any atom is 0.144 e. The van der Waals surface area contributed by atoms with Crippen molar-refractivity contribution in [2.75, 3.05) is 4.90 Å². The van der Waals surface area contributed by atoms with Crippen molar-refractivity contribution in [3.8, 4) is 33.4 Å². The predicted molar refractivity (Wildman–Crippen MR) is 224 cm³/mol. The largest absolute Gasteiger partial charge is 0.456 e. The Bertz CT molecular complexity index is 3080. The Morgan fingerprint density at radius 3 is 1.91 bits per heavy atom. The lowest BCUT2D eigenvalue weighted by atomic mass is 9.82. The lowest BCUT2D eigenvalue weighted by molar-refractivity contribution is 0.660. The van der Waals surface area contributed by atoms with Gasteiger partial charge in [0.2, 0.25) is 0 Å². The molecule has 0 unspecified atom stereocenters. The number of fused-ring (bicyclic) bond motifs is 9. The summed E-state index contributed by atoms with van der Waals surface area (Å²) < 4.78 is 13.5. The first-order chi connectivity index (χ1) is 26.5. The smallest absolute Gasteiger partial charge is 0.144 e. The summed E-state index contributed by atoms with van der Waals surface area (Å²) in [6.07, 6.45) is 0. The van der Waals surface area contributed by atoms with Crippen molar-refractivity contribution >= 4 is 60.9 Å². The van der Waals surface area contributed by atoms with E-state index in [0.717, 1.165) is 77.6 Å².